The molecule has 3 heterocycles. The van der Waals surface area contributed by atoms with Gasteiger partial charge in [-0.3, -0.25) is 4.79 Å². The van der Waals surface area contributed by atoms with Gasteiger partial charge in [0, 0.05) is 50.4 Å². The molecule has 9 heteroatoms. The summed E-state index contributed by atoms with van der Waals surface area (Å²) in [6.07, 6.45) is 4.04. The smallest absolute Gasteiger partial charge is 0.261 e. The van der Waals surface area contributed by atoms with Gasteiger partial charge in [-0.05, 0) is 37.1 Å². The minimum absolute atomic E-state index is 0.0128. The van der Waals surface area contributed by atoms with E-state index < -0.39 is 11.6 Å². The van der Waals surface area contributed by atoms with E-state index in [1.165, 1.54) is 0 Å². The van der Waals surface area contributed by atoms with Crippen LogP contribution >= 0.6 is 0 Å². The summed E-state index contributed by atoms with van der Waals surface area (Å²) in [4.78, 5) is 25.5. The monoisotopic (exact) mass is 427 g/mol. The van der Waals surface area contributed by atoms with Gasteiger partial charge in [-0.2, -0.15) is 4.98 Å². The molecule has 1 aromatic carbocycles. The molecule has 1 amide bonds. The van der Waals surface area contributed by atoms with E-state index in [0.717, 1.165) is 36.6 Å². The topological polar surface area (TPSA) is 75.4 Å². The van der Waals surface area contributed by atoms with E-state index >= 15 is 0 Å². The highest BCUT2D eigenvalue weighted by molar-refractivity contribution is 5.94. The number of carbonyl (C=O) groups is 1. The molecule has 0 unspecified atom stereocenters. The molecule has 0 radical (unpaired) electrons. The number of benzene rings is 1. The molecule has 0 N–H and O–H groups in total. The first-order valence-electron chi connectivity index (χ1n) is 10.3. The summed E-state index contributed by atoms with van der Waals surface area (Å²) in [5, 5.41) is 4.02. The van der Waals surface area contributed by atoms with Crippen LogP contribution in [-0.4, -0.2) is 52.1 Å². The van der Waals surface area contributed by atoms with Gasteiger partial charge in [0.2, 0.25) is 0 Å². The second-order valence-corrected chi connectivity index (χ2v) is 7.43. The van der Waals surface area contributed by atoms with Crippen molar-refractivity contribution in [1.29, 1.82) is 0 Å². The van der Waals surface area contributed by atoms with Crippen LogP contribution in [0, 0.1) is 11.6 Å². The Morgan fingerprint density at radius 2 is 1.94 bits per heavy atom. The number of rotatable bonds is 5. The highest BCUT2D eigenvalue weighted by atomic mass is 19.1. The van der Waals surface area contributed by atoms with Crippen molar-refractivity contribution >= 4 is 11.7 Å². The van der Waals surface area contributed by atoms with Gasteiger partial charge in [-0.25, -0.2) is 13.8 Å². The summed E-state index contributed by atoms with van der Waals surface area (Å²) < 4.78 is 32.5. The lowest BCUT2D eigenvalue weighted by atomic mass is 10.2. The predicted molar refractivity (Wildman–Crippen MR) is 111 cm³/mol. The van der Waals surface area contributed by atoms with E-state index in [2.05, 4.69) is 20.0 Å². The maximum absolute atomic E-state index is 13.5. The fourth-order valence-electron chi connectivity index (χ4n) is 3.70. The molecular formula is C22H23F2N5O2. The lowest BCUT2D eigenvalue weighted by molar-refractivity contribution is 0.0766. The highest BCUT2D eigenvalue weighted by Gasteiger charge is 2.24. The number of hydrogen-bond donors (Lipinski definition) is 0. The third-order valence-corrected chi connectivity index (χ3v) is 5.15. The van der Waals surface area contributed by atoms with Gasteiger partial charge in [-0.1, -0.05) is 12.1 Å². The van der Waals surface area contributed by atoms with Crippen LogP contribution < -0.4 is 4.90 Å². The minimum atomic E-state index is -0.764. The van der Waals surface area contributed by atoms with Crippen LogP contribution in [0.3, 0.4) is 0 Å². The molecule has 0 bridgehead atoms. The maximum atomic E-state index is 13.5. The number of aromatic nitrogens is 3. The van der Waals surface area contributed by atoms with Crippen LogP contribution in [0.2, 0.25) is 0 Å². The molecule has 31 heavy (non-hydrogen) atoms. The number of amides is 1. The van der Waals surface area contributed by atoms with Gasteiger partial charge in [0.25, 0.3) is 11.8 Å². The summed E-state index contributed by atoms with van der Waals surface area (Å²) in [5.74, 6) is -0.135. The standard InChI is InChI=1S/C22H23F2N5O2/c1-2-5-19-26-21(31-27-19)18-6-3-7-25-20(18)28-8-4-9-29(11-10-28)22(30)15-12-16(23)14-17(24)13-15/h3,6-7,12-14H,2,4-5,8-11H2,1H3. The van der Waals surface area contributed by atoms with Gasteiger partial charge in [0.15, 0.2) is 5.82 Å². The largest absolute Gasteiger partial charge is 0.354 e. The third kappa shape index (κ3) is 4.70. The zero-order chi connectivity index (χ0) is 21.8. The summed E-state index contributed by atoms with van der Waals surface area (Å²) in [6.45, 7) is 4.12. The van der Waals surface area contributed by atoms with Crippen LogP contribution in [0.4, 0.5) is 14.6 Å². The Morgan fingerprint density at radius 3 is 2.71 bits per heavy atom. The van der Waals surface area contributed by atoms with Crippen LogP contribution in [0.25, 0.3) is 11.5 Å². The van der Waals surface area contributed by atoms with Gasteiger partial charge in [0.05, 0.1) is 5.56 Å². The molecule has 4 rings (SSSR count). The summed E-state index contributed by atoms with van der Waals surface area (Å²) in [7, 11) is 0. The first-order valence-corrected chi connectivity index (χ1v) is 10.3. The van der Waals surface area contributed by atoms with Crippen LogP contribution in [0.1, 0.15) is 35.9 Å². The fraction of sp³-hybridized carbons (Fsp3) is 0.364. The van der Waals surface area contributed by atoms with Crippen molar-refractivity contribution in [2.75, 3.05) is 31.1 Å². The van der Waals surface area contributed by atoms with Gasteiger partial charge < -0.3 is 14.3 Å². The molecule has 162 valence electrons. The summed E-state index contributed by atoms with van der Waals surface area (Å²) in [5.41, 5.74) is 0.753. The maximum Gasteiger partial charge on any atom is 0.261 e. The van der Waals surface area contributed by atoms with Crippen molar-refractivity contribution in [3.05, 3.63) is 59.6 Å². The first-order chi connectivity index (χ1) is 15.0. The summed E-state index contributed by atoms with van der Waals surface area (Å²) in [6, 6.07) is 6.58. The van der Waals surface area contributed by atoms with Crippen molar-refractivity contribution in [2.24, 2.45) is 0 Å². The van der Waals surface area contributed by atoms with Crippen molar-refractivity contribution in [3.63, 3.8) is 0 Å². The number of nitrogens with zero attached hydrogens (tertiary/aromatic N) is 5. The molecule has 1 fully saturated rings. The van der Waals surface area contributed by atoms with Crippen molar-refractivity contribution in [1.82, 2.24) is 20.0 Å². The van der Waals surface area contributed by atoms with E-state index in [1.807, 2.05) is 19.1 Å². The van der Waals surface area contributed by atoms with Crippen LogP contribution in [0.5, 0.6) is 0 Å². The molecule has 3 aromatic rings. The Labute approximate surface area is 178 Å². The molecule has 1 saturated heterocycles. The Hall–Kier alpha value is -3.36. The van der Waals surface area contributed by atoms with E-state index in [1.54, 1.807) is 11.1 Å². The number of aryl methyl sites for hydroxylation is 1. The van der Waals surface area contributed by atoms with E-state index in [-0.39, 0.29) is 11.5 Å². The average molecular weight is 427 g/mol. The number of pyridine rings is 1. The highest BCUT2D eigenvalue weighted by Crippen LogP contribution is 2.28. The lowest BCUT2D eigenvalue weighted by Gasteiger charge is -2.24. The fourth-order valence-corrected chi connectivity index (χ4v) is 3.70. The van der Waals surface area contributed by atoms with Gasteiger partial charge >= 0.3 is 0 Å². The quantitative estimate of drug-likeness (QED) is 0.618. The number of carbonyl (C=O) groups excluding carboxylic acids is 1. The number of anilines is 1. The van der Waals surface area contributed by atoms with E-state index in [9.17, 15) is 13.6 Å². The lowest BCUT2D eigenvalue weighted by Crippen LogP contribution is -2.35. The second kappa shape index (κ2) is 9.20. The molecule has 1 aliphatic heterocycles. The molecule has 0 aliphatic carbocycles. The van der Waals surface area contributed by atoms with Crippen molar-refractivity contribution in [3.8, 4) is 11.5 Å². The third-order valence-electron chi connectivity index (χ3n) is 5.15. The molecular weight excluding hydrogens is 404 g/mol. The Balaban J connectivity index is 1.52. The number of hydrogen-bond acceptors (Lipinski definition) is 6. The Bertz CT molecular complexity index is 1050. The molecule has 0 spiro atoms. The normalized spacial score (nSPS) is 14.5. The summed E-state index contributed by atoms with van der Waals surface area (Å²) >= 11 is 0. The Morgan fingerprint density at radius 1 is 1.13 bits per heavy atom. The molecule has 1 aliphatic rings. The molecule has 0 atom stereocenters. The first kappa shape index (κ1) is 20.9. The minimum Gasteiger partial charge on any atom is -0.354 e. The van der Waals surface area contributed by atoms with Crippen molar-refractivity contribution in [2.45, 2.75) is 26.2 Å². The van der Waals surface area contributed by atoms with Gasteiger partial charge in [0.1, 0.15) is 17.5 Å². The Kier molecular flexibility index (Phi) is 6.20. The average Bonchev–Trinajstić information content (AvgIpc) is 3.08. The van der Waals surface area contributed by atoms with Gasteiger partial charge in [-0.15, -0.1) is 0 Å². The molecule has 0 saturated carbocycles. The van der Waals surface area contributed by atoms with E-state index in [0.29, 0.717) is 50.1 Å². The van der Waals surface area contributed by atoms with Crippen molar-refractivity contribution < 1.29 is 18.1 Å². The molecule has 2 aromatic heterocycles. The molecule has 7 nitrogen and oxygen atoms in total. The van der Waals surface area contributed by atoms with E-state index in [4.69, 9.17) is 4.52 Å². The second-order valence-electron chi connectivity index (χ2n) is 7.43. The van der Waals surface area contributed by atoms with Crippen LogP contribution in [0.15, 0.2) is 41.1 Å². The zero-order valence-electron chi connectivity index (χ0n) is 17.2. The predicted octanol–water partition coefficient (Wildman–Crippen LogP) is 3.71. The van der Waals surface area contributed by atoms with Crippen LogP contribution in [-0.2, 0) is 6.42 Å². The number of halogens is 2. The zero-order valence-corrected chi connectivity index (χ0v) is 17.2. The SMILES string of the molecule is CCCc1noc(-c2cccnc2N2CCCN(C(=O)c3cc(F)cc(F)c3)CC2)n1.